The molecule has 37 heavy (non-hydrogen) atoms. The van der Waals surface area contributed by atoms with Crippen LogP contribution in [-0.4, -0.2) is 23.9 Å². The van der Waals surface area contributed by atoms with Crippen LogP contribution in [0.1, 0.15) is 65.4 Å². The van der Waals surface area contributed by atoms with E-state index in [1.807, 2.05) is 24.3 Å². The van der Waals surface area contributed by atoms with Crippen molar-refractivity contribution in [3.05, 3.63) is 99.9 Å². The van der Waals surface area contributed by atoms with E-state index in [1.165, 1.54) is 12.1 Å². The Morgan fingerprint density at radius 3 is 2.19 bits per heavy atom. The highest BCUT2D eigenvalue weighted by molar-refractivity contribution is 6.00. The van der Waals surface area contributed by atoms with Gasteiger partial charge >= 0.3 is 6.18 Å². The summed E-state index contributed by atoms with van der Waals surface area (Å²) in [6.45, 7) is 7.47. The van der Waals surface area contributed by atoms with Crippen LogP contribution in [0, 0.1) is 5.82 Å². The van der Waals surface area contributed by atoms with Crippen molar-refractivity contribution in [1.29, 1.82) is 0 Å². The Morgan fingerprint density at radius 2 is 1.57 bits per heavy atom. The molecular weight excluding hydrogens is 480 g/mol. The fourth-order valence-electron chi connectivity index (χ4n) is 4.60. The summed E-state index contributed by atoms with van der Waals surface area (Å²) >= 11 is 0. The summed E-state index contributed by atoms with van der Waals surface area (Å²) < 4.78 is 54.5. The lowest BCUT2D eigenvalue weighted by Crippen LogP contribution is -2.34. The number of halogens is 4. The second kappa shape index (κ2) is 10.6. The number of rotatable bonds is 6. The normalized spacial score (nSPS) is 13.6. The fraction of sp³-hybridized carbons (Fsp3) is 0.367. The zero-order chi connectivity index (χ0) is 26.8. The molecular formula is C30H32F4N2O. The SMILES string of the molecule is CC(C)(C)c1ccc(CN(CCc2ccc(F)cc2)C(=O)c2cc(C(F)(F)F)cc3c2NCCC3)cc1. The molecule has 0 fully saturated rings. The van der Waals surface area contributed by atoms with Gasteiger partial charge in [-0.1, -0.05) is 57.2 Å². The molecule has 0 aromatic heterocycles. The third-order valence-electron chi connectivity index (χ3n) is 6.77. The van der Waals surface area contributed by atoms with Gasteiger partial charge in [0.1, 0.15) is 5.82 Å². The maximum atomic E-state index is 13.9. The molecule has 1 N–H and O–H groups in total. The lowest BCUT2D eigenvalue weighted by molar-refractivity contribution is -0.137. The van der Waals surface area contributed by atoms with Crippen molar-refractivity contribution in [3.63, 3.8) is 0 Å². The molecule has 3 aromatic rings. The number of amides is 1. The Kier molecular flexibility index (Phi) is 7.62. The van der Waals surface area contributed by atoms with E-state index in [1.54, 1.807) is 17.0 Å². The summed E-state index contributed by atoms with van der Waals surface area (Å²) in [6.07, 6.45) is -2.92. The minimum Gasteiger partial charge on any atom is -0.384 e. The molecule has 1 aliphatic heterocycles. The van der Waals surface area contributed by atoms with Gasteiger partial charge in [-0.25, -0.2) is 4.39 Å². The van der Waals surface area contributed by atoms with Crippen LogP contribution in [0.3, 0.4) is 0 Å². The summed E-state index contributed by atoms with van der Waals surface area (Å²) in [5, 5.41) is 3.16. The number of carbonyl (C=O) groups is 1. The zero-order valence-electron chi connectivity index (χ0n) is 21.4. The standard InChI is InChI=1S/C30H32F4N2O/c1-29(2,3)23-10-6-21(7-11-23)19-36(16-14-20-8-12-25(31)13-9-20)28(37)26-18-24(30(32,33)34)17-22-5-4-15-35-27(22)26/h6-13,17-18,35H,4-5,14-16,19H2,1-3H3. The maximum absolute atomic E-state index is 13.9. The van der Waals surface area contributed by atoms with Gasteiger partial charge in [0, 0.05) is 19.6 Å². The van der Waals surface area contributed by atoms with E-state index in [0.717, 1.165) is 28.8 Å². The molecule has 3 aromatic carbocycles. The first-order valence-electron chi connectivity index (χ1n) is 12.5. The molecule has 196 valence electrons. The lowest BCUT2D eigenvalue weighted by Gasteiger charge is -2.28. The Bertz CT molecular complexity index is 1240. The molecule has 1 amide bonds. The zero-order valence-corrected chi connectivity index (χ0v) is 21.4. The molecule has 4 rings (SSSR count). The number of benzene rings is 3. The average molecular weight is 513 g/mol. The molecule has 0 atom stereocenters. The van der Waals surface area contributed by atoms with Gasteiger partial charge in [-0.05, 0) is 71.2 Å². The smallest absolute Gasteiger partial charge is 0.384 e. The number of alkyl halides is 3. The van der Waals surface area contributed by atoms with Crippen molar-refractivity contribution in [1.82, 2.24) is 4.90 Å². The van der Waals surface area contributed by atoms with E-state index in [9.17, 15) is 22.4 Å². The van der Waals surface area contributed by atoms with Crippen molar-refractivity contribution >= 4 is 11.6 Å². The van der Waals surface area contributed by atoms with Gasteiger partial charge in [0.05, 0.1) is 16.8 Å². The van der Waals surface area contributed by atoms with E-state index >= 15 is 0 Å². The van der Waals surface area contributed by atoms with E-state index in [0.29, 0.717) is 37.1 Å². The predicted octanol–water partition coefficient (Wildman–Crippen LogP) is 7.39. The van der Waals surface area contributed by atoms with Gasteiger partial charge in [0.2, 0.25) is 0 Å². The molecule has 0 saturated heterocycles. The first kappa shape index (κ1) is 26.7. The quantitative estimate of drug-likeness (QED) is 0.350. The minimum atomic E-state index is -4.55. The molecule has 3 nitrogen and oxygen atoms in total. The summed E-state index contributed by atoms with van der Waals surface area (Å²) in [4.78, 5) is 15.4. The van der Waals surface area contributed by atoms with Crippen LogP contribution in [0.4, 0.5) is 23.2 Å². The molecule has 0 unspecified atom stereocenters. The number of anilines is 1. The van der Waals surface area contributed by atoms with Crippen molar-refractivity contribution in [3.8, 4) is 0 Å². The number of nitrogens with one attached hydrogen (secondary N) is 1. The van der Waals surface area contributed by atoms with Gasteiger partial charge in [0.15, 0.2) is 0 Å². The van der Waals surface area contributed by atoms with Crippen molar-refractivity contribution in [2.45, 2.75) is 58.2 Å². The van der Waals surface area contributed by atoms with Crippen LogP contribution in [0.5, 0.6) is 0 Å². The first-order valence-corrected chi connectivity index (χ1v) is 12.5. The van der Waals surface area contributed by atoms with Crippen LogP contribution in [0.25, 0.3) is 0 Å². The van der Waals surface area contributed by atoms with Gasteiger partial charge in [0.25, 0.3) is 5.91 Å². The highest BCUT2D eigenvalue weighted by Crippen LogP contribution is 2.36. The van der Waals surface area contributed by atoms with E-state index in [4.69, 9.17) is 0 Å². The third-order valence-corrected chi connectivity index (χ3v) is 6.77. The van der Waals surface area contributed by atoms with Gasteiger partial charge in [-0.2, -0.15) is 13.2 Å². The van der Waals surface area contributed by atoms with Crippen LogP contribution in [0.2, 0.25) is 0 Å². The highest BCUT2D eigenvalue weighted by Gasteiger charge is 2.34. The Hall–Kier alpha value is -3.35. The molecule has 7 heteroatoms. The number of hydrogen-bond acceptors (Lipinski definition) is 2. The summed E-state index contributed by atoms with van der Waals surface area (Å²) in [5.74, 6) is -0.809. The number of aryl methyl sites for hydroxylation is 1. The molecule has 1 heterocycles. The van der Waals surface area contributed by atoms with E-state index in [-0.39, 0.29) is 29.9 Å². The Balaban J connectivity index is 1.68. The largest absolute Gasteiger partial charge is 0.416 e. The molecule has 0 saturated carbocycles. The van der Waals surface area contributed by atoms with Crippen LogP contribution < -0.4 is 5.32 Å². The maximum Gasteiger partial charge on any atom is 0.416 e. The molecule has 0 bridgehead atoms. The van der Waals surface area contributed by atoms with Crippen LogP contribution in [0.15, 0.2) is 60.7 Å². The number of nitrogens with zero attached hydrogens (tertiary/aromatic N) is 1. The lowest BCUT2D eigenvalue weighted by atomic mass is 9.86. The van der Waals surface area contributed by atoms with Crippen LogP contribution in [-0.2, 0) is 31.0 Å². The summed E-state index contributed by atoms with van der Waals surface area (Å²) in [5.41, 5.74) is 3.06. The average Bonchev–Trinajstić information content (AvgIpc) is 2.85. The topological polar surface area (TPSA) is 32.3 Å². The first-order chi connectivity index (χ1) is 17.4. The van der Waals surface area contributed by atoms with Crippen molar-refractivity contribution < 1.29 is 22.4 Å². The number of carbonyl (C=O) groups excluding carboxylic acids is 1. The number of hydrogen-bond donors (Lipinski definition) is 1. The minimum absolute atomic E-state index is 0.0284. The fourth-order valence-corrected chi connectivity index (χ4v) is 4.60. The second-order valence-corrected chi connectivity index (χ2v) is 10.6. The Morgan fingerprint density at radius 1 is 0.919 bits per heavy atom. The highest BCUT2D eigenvalue weighted by atomic mass is 19.4. The van der Waals surface area contributed by atoms with Crippen molar-refractivity contribution in [2.75, 3.05) is 18.4 Å². The third kappa shape index (κ3) is 6.51. The molecule has 0 radical (unpaired) electrons. The molecule has 0 spiro atoms. The number of fused-ring (bicyclic) bond motifs is 1. The second-order valence-electron chi connectivity index (χ2n) is 10.6. The molecule has 0 aliphatic carbocycles. The van der Waals surface area contributed by atoms with E-state index < -0.39 is 17.6 Å². The van der Waals surface area contributed by atoms with Crippen LogP contribution >= 0.6 is 0 Å². The van der Waals surface area contributed by atoms with Gasteiger partial charge in [-0.3, -0.25) is 4.79 Å². The summed E-state index contributed by atoms with van der Waals surface area (Å²) in [7, 11) is 0. The summed E-state index contributed by atoms with van der Waals surface area (Å²) in [6, 6.07) is 16.1. The van der Waals surface area contributed by atoms with E-state index in [2.05, 4.69) is 26.1 Å². The van der Waals surface area contributed by atoms with Crippen molar-refractivity contribution in [2.24, 2.45) is 0 Å². The predicted molar refractivity (Wildman–Crippen MR) is 138 cm³/mol. The van der Waals surface area contributed by atoms with Gasteiger partial charge < -0.3 is 10.2 Å². The Labute approximate surface area is 215 Å². The molecule has 1 aliphatic rings. The monoisotopic (exact) mass is 512 g/mol. The van der Waals surface area contributed by atoms with Gasteiger partial charge in [-0.15, -0.1) is 0 Å².